The van der Waals surface area contributed by atoms with Crippen molar-refractivity contribution in [3.63, 3.8) is 0 Å². The van der Waals surface area contributed by atoms with E-state index in [1.54, 1.807) is 18.2 Å². The van der Waals surface area contributed by atoms with E-state index < -0.39 is 11.1 Å². The summed E-state index contributed by atoms with van der Waals surface area (Å²) in [6, 6.07) is 5.37. The highest BCUT2D eigenvalue weighted by atomic mass is 79.9. The molecule has 1 aliphatic rings. The number of thioether (sulfide) groups is 1. The molecule has 6 nitrogen and oxygen atoms in total. The molecule has 0 aliphatic carbocycles. The quantitative estimate of drug-likeness (QED) is 0.726. The first kappa shape index (κ1) is 18.5. The summed E-state index contributed by atoms with van der Waals surface area (Å²) in [6.07, 6.45) is 2.38. The van der Waals surface area contributed by atoms with Gasteiger partial charge in [-0.05, 0) is 42.5 Å². The van der Waals surface area contributed by atoms with Crippen molar-refractivity contribution in [3.05, 3.63) is 33.1 Å². The molecule has 1 aromatic rings. The van der Waals surface area contributed by atoms with Crippen LogP contribution in [0.3, 0.4) is 0 Å². The van der Waals surface area contributed by atoms with Gasteiger partial charge in [-0.1, -0.05) is 22.9 Å². The van der Waals surface area contributed by atoms with Crippen molar-refractivity contribution in [2.75, 3.05) is 20.2 Å². The largest absolute Gasteiger partial charge is 0.496 e. The third-order valence-electron chi connectivity index (χ3n) is 3.23. The lowest BCUT2D eigenvalue weighted by Crippen LogP contribution is -2.39. The van der Waals surface area contributed by atoms with E-state index >= 15 is 0 Å². The van der Waals surface area contributed by atoms with Crippen LogP contribution in [0.4, 0.5) is 4.79 Å². The van der Waals surface area contributed by atoms with Crippen LogP contribution < -0.4 is 10.1 Å². The number of nitrogens with zero attached hydrogens (tertiary/aromatic N) is 1. The molecule has 1 saturated heterocycles. The average molecular weight is 413 g/mol. The third-order valence-corrected chi connectivity index (χ3v) is 4.63. The number of halogens is 1. The van der Waals surface area contributed by atoms with Gasteiger partial charge in [-0.25, -0.2) is 0 Å². The summed E-state index contributed by atoms with van der Waals surface area (Å²) in [5, 5.41) is 2.20. The number of imide groups is 1. The summed E-state index contributed by atoms with van der Waals surface area (Å²) >= 11 is 4.18. The highest BCUT2D eigenvalue weighted by Gasteiger charge is 2.36. The highest BCUT2D eigenvalue weighted by Crippen LogP contribution is 2.34. The van der Waals surface area contributed by atoms with Crippen molar-refractivity contribution in [1.82, 2.24) is 10.2 Å². The van der Waals surface area contributed by atoms with Crippen LogP contribution >= 0.6 is 27.7 Å². The molecule has 24 heavy (non-hydrogen) atoms. The summed E-state index contributed by atoms with van der Waals surface area (Å²) in [5.41, 5.74) is 0.674. The van der Waals surface area contributed by atoms with E-state index in [-0.39, 0.29) is 17.4 Å². The minimum atomic E-state index is -0.473. The Balaban J connectivity index is 2.19. The van der Waals surface area contributed by atoms with Gasteiger partial charge in [-0.2, -0.15) is 0 Å². The molecule has 0 aromatic heterocycles. The average Bonchev–Trinajstić information content (AvgIpc) is 2.81. The van der Waals surface area contributed by atoms with E-state index in [0.29, 0.717) is 17.9 Å². The fourth-order valence-corrected chi connectivity index (χ4v) is 3.27. The Hall–Kier alpha value is -1.80. The summed E-state index contributed by atoms with van der Waals surface area (Å²) < 4.78 is 6.09. The van der Waals surface area contributed by atoms with Crippen molar-refractivity contribution in [3.8, 4) is 5.75 Å². The lowest BCUT2D eigenvalue weighted by molar-refractivity contribution is -0.129. The second-order valence-corrected chi connectivity index (χ2v) is 6.91. The first-order valence-corrected chi connectivity index (χ1v) is 8.92. The van der Waals surface area contributed by atoms with Crippen molar-refractivity contribution in [2.24, 2.45) is 0 Å². The third kappa shape index (κ3) is 4.39. The number of ether oxygens (including phenoxy) is 1. The van der Waals surface area contributed by atoms with E-state index in [9.17, 15) is 14.4 Å². The second kappa shape index (κ2) is 8.34. The number of benzene rings is 1. The monoisotopic (exact) mass is 412 g/mol. The van der Waals surface area contributed by atoms with Crippen LogP contribution in [0.1, 0.15) is 18.9 Å². The van der Waals surface area contributed by atoms with E-state index in [2.05, 4.69) is 21.2 Å². The first-order chi connectivity index (χ1) is 11.5. The minimum Gasteiger partial charge on any atom is -0.496 e. The van der Waals surface area contributed by atoms with Crippen LogP contribution in [-0.2, 0) is 9.59 Å². The Labute approximate surface area is 152 Å². The molecule has 0 spiro atoms. The summed E-state index contributed by atoms with van der Waals surface area (Å²) in [7, 11) is 1.53. The molecule has 1 N–H and O–H groups in total. The van der Waals surface area contributed by atoms with Crippen molar-refractivity contribution < 1.29 is 19.1 Å². The van der Waals surface area contributed by atoms with Crippen LogP contribution in [0.25, 0.3) is 6.08 Å². The van der Waals surface area contributed by atoms with Crippen LogP contribution in [0, 0.1) is 0 Å². The first-order valence-electron chi connectivity index (χ1n) is 7.32. The number of carbonyl (C=O) groups is 3. The molecule has 8 heteroatoms. The maximum absolute atomic E-state index is 12.4. The zero-order chi connectivity index (χ0) is 17.7. The topological polar surface area (TPSA) is 75.7 Å². The number of methoxy groups -OCH3 is 1. The molecule has 128 valence electrons. The Morgan fingerprint density at radius 2 is 2.17 bits per heavy atom. The zero-order valence-corrected chi connectivity index (χ0v) is 15.7. The van der Waals surface area contributed by atoms with Crippen LogP contribution in [-0.4, -0.2) is 42.2 Å². The predicted octanol–water partition coefficient (Wildman–Crippen LogP) is 3.02. The highest BCUT2D eigenvalue weighted by molar-refractivity contribution is 9.10. The van der Waals surface area contributed by atoms with Gasteiger partial charge in [-0.15, -0.1) is 0 Å². The zero-order valence-electron chi connectivity index (χ0n) is 13.3. The molecule has 0 radical (unpaired) electrons. The van der Waals surface area contributed by atoms with E-state index in [1.165, 1.54) is 7.11 Å². The summed E-state index contributed by atoms with van der Waals surface area (Å²) in [6.45, 7) is 2.17. The van der Waals surface area contributed by atoms with Crippen LogP contribution in [0.2, 0.25) is 0 Å². The molecule has 0 atom stereocenters. The van der Waals surface area contributed by atoms with Crippen molar-refractivity contribution >= 4 is 50.8 Å². The van der Waals surface area contributed by atoms with E-state index in [1.807, 2.05) is 13.0 Å². The summed E-state index contributed by atoms with van der Waals surface area (Å²) in [4.78, 5) is 37.4. The van der Waals surface area contributed by atoms with Gasteiger partial charge in [0.05, 0.1) is 12.0 Å². The normalized spacial score (nSPS) is 16.0. The number of hydrogen-bond donors (Lipinski definition) is 1. The molecule has 0 unspecified atom stereocenters. The Morgan fingerprint density at radius 1 is 1.42 bits per heavy atom. The number of carbonyl (C=O) groups excluding carboxylic acids is 3. The number of rotatable bonds is 6. The van der Waals surface area contributed by atoms with Crippen LogP contribution in [0.15, 0.2) is 27.6 Å². The van der Waals surface area contributed by atoms with Gasteiger partial charge in [-0.3, -0.25) is 19.3 Å². The number of nitrogens with one attached hydrogen (secondary N) is 1. The second-order valence-electron chi connectivity index (χ2n) is 5.00. The van der Waals surface area contributed by atoms with Crippen LogP contribution in [0.5, 0.6) is 5.75 Å². The molecule has 1 aromatic carbocycles. The maximum atomic E-state index is 12.4. The Morgan fingerprint density at radius 3 is 2.83 bits per heavy atom. The van der Waals surface area contributed by atoms with Gasteiger partial charge in [0, 0.05) is 16.6 Å². The van der Waals surface area contributed by atoms with Gasteiger partial charge in [0.2, 0.25) is 5.91 Å². The molecule has 0 saturated carbocycles. The smallest absolute Gasteiger partial charge is 0.294 e. The molecule has 0 bridgehead atoms. The van der Waals surface area contributed by atoms with Gasteiger partial charge < -0.3 is 10.1 Å². The van der Waals surface area contributed by atoms with E-state index in [0.717, 1.165) is 27.6 Å². The SMILES string of the molecule is CCCNC(=O)CN1C(=O)S/C(=C\c2cc(Br)ccc2OC)C1=O. The lowest BCUT2D eigenvalue weighted by Gasteiger charge is -2.12. The predicted molar refractivity (Wildman–Crippen MR) is 96.7 cm³/mol. The fraction of sp³-hybridized carbons (Fsp3) is 0.312. The Bertz CT molecular complexity index is 705. The minimum absolute atomic E-state index is 0.264. The van der Waals surface area contributed by atoms with Crippen molar-refractivity contribution in [1.29, 1.82) is 0 Å². The molecular formula is C16H17BrN2O4S. The van der Waals surface area contributed by atoms with Gasteiger partial charge in [0.25, 0.3) is 11.1 Å². The Kier molecular flexibility index (Phi) is 6.44. The molecular weight excluding hydrogens is 396 g/mol. The molecule has 1 heterocycles. The lowest BCUT2D eigenvalue weighted by atomic mass is 10.2. The molecule has 1 aliphatic heterocycles. The van der Waals surface area contributed by atoms with Crippen molar-refractivity contribution in [2.45, 2.75) is 13.3 Å². The molecule has 2 rings (SSSR count). The van der Waals surface area contributed by atoms with Gasteiger partial charge in [0.15, 0.2) is 0 Å². The summed E-state index contributed by atoms with van der Waals surface area (Å²) in [5.74, 6) is -0.232. The molecule has 3 amide bonds. The standard InChI is InChI=1S/C16H17BrN2O4S/c1-3-6-18-14(20)9-19-15(21)13(24-16(19)22)8-10-7-11(17)4-5-12(10)23-2/h4-5,7-8H,3,6,9H2,1-2H3,(H,18,20)/b13-8-. The fourth-order valence-electron chi connectivity index (χ4n) is 2.06. The number of hydrogen-bond acceptors (Lipinski definition) is 5. The van der Waals surface area contributed by atoms with Gasteiger partial charge in [0.1, 0.15) is 12.3 Å². The van der Waals surface area contributed by atoms with E-state index in [4.69, 9.17) is 4.74 Å². The number of amides is 3. The maximum Gasteiger partial charge on any atom is 0.294 e. The van der Waals surface area contributed by atoms with Gasteiger partial charge >= 0.3 is 0 Å². The molecule has 1 fully saturated rings.